The lowest BCUT2D eigenvalue weighted by atomic mass is 10.3. The van der Waals surface area contributed by atoms with Crippen molar-refractivity contribution in [2.45, 2.75) is 19.9 Å². The molecule has 2 rings (SSSR count). The van der Waals surface area contributed by atoms with E-state index in [1.54, 1.807) is 17.1 Å². The van der Waals surface area contributed by atoms with Gasteiger partial charge in [-0.05, 0) is 19.9 Å². The molecule has 0 unspecified atom stereocenters. The van der Waals surface area contributed by atoms with Gasteiger partial charge >= 0.3 is 5.97 Å². The zero-order valence-corrected chi connectivity index (χ0v) is 10.1. The third kappa shape index (κ3) is 2.65. The van der Waals surface area contributed by atoms with Gasteiger partial charge in [0, 0.05) is 12.2 Å². The van der Waals surface area contributed by atoms with Gasteiger partial charge < -0.3 is 9.84 Å². The predicted molar refractivity (Wildman–Crippen MR) is 63.9 cm³/mol. The van der Waals surface area contributed by atoms with Crippen LogP contribution < -0.4 is 4.74 Å². The molecule has 0 spiro atoms. The van der Waals surface area contributed by atoms with Crippen LogP contribution in [0.4, 0.5) is 0 Å². The molecule has 2 heterocycles. The Morgan fingerprint density at radius 1 is 1.33 bits per heavy atom. The molecule has 2 aromatic rings. The third-order valence-corrected chi connectivity index (χ3v) is 2.30. The maximum absolute atomic E-state index is 10.8. The molecule has 2 aromatic heterocycles. The Bertz CT molecular complexity index is 563. The molecule has 0 fully saturated rings. The minimum Gasteiger partial charge on any atom is -0.478 e. The van der Waals surface area contributed by atoms with Crippen molar-refractivity contribution < 1.29 is 14.6 Å². The summed E-state index contributed by atoms with van der Waals surface area (Å²) in [7, 11) is 0. The fourth-order valence-corrected chi connectivity index (χ4v) is 1.38. The van der Waals surface area contributed by atoms with E-state index in [9.17, 15) is 4.79 Å². The second kappa shape index (κ2) is 4.87. The number of hydrogen-bond donors (Lipinski definition) is 1. The van der Waals surface area contributed by atoms with Crippen molar-refractivity contribution >= 4 is 5.97 Å². The van der Waals surface area contributed by atoms with Crippen LogP contribution in [0.3, 0.4) is 0 Å². The summed E-state index contributed by atoms with van der Waals surface area (Å²) in [6, 6.07) is 1.66. The summed E-state index contributed by atoms with van der Waals surface area (Å²) in [4.78, 5) is 14.6. The summed E-state index contributed by atoms with van der Waals surface area (Å²) in [5.74, 6) is -0.114. The van der Waals surface area contributed by atoms with Crippen molar-refractivity contribution in [3.05, 3.63) is 36.4 Å². The van der Waals surface area contributed by atoms with Crippen molar-refractivity contribution in [1.29, 1.82) is 0 Å². The Hall–Kier alpha value is -2.37. The summed E-state index contributed by atoms with van der Waals surface area (Å²) >= 11 is 0. The molecule has 0 aliphatic carbocycles. The maximum atomic E-state index is 10.8. The minimum absolute atomic E-state index is 0.0868. The van der Waals surface area contributed by atoms with E-state index < -0.39 is 5.97 Å². The average Bonchev–Trinajstić information content (AvgIpc) is 2.78. The van der Waals surface area contributed by atoms with Gasteiger partial charge in [0.05, 0.1) is 24.2 Å². The summed E-state index contributed by atoms with van der Waals surface area (Å²) in [5.41, 5.74) is 0.0868. The zero-order chi connectivity index (χ0) is 13.1. The zero-order valence-electron chi connectivity index (χ0n) is 10.1. The van der Waals surface area contributed by atoms with Crippen molar-refractivity contribution in [2.75, 3.05) is 0 Å². The molecular weight excluding hydrogens is 234 g/mol. The van der Waals surface area contributed by atoms with E-state index in [4.69, 9.17) is 9.84 Å². The summed E-state index contributed by atoms with van der Waals surface area (Å²) in [5, 5.41) is 13.0. The Kier molecular flexibility index (Phi) is 3.27. The normalized spacial score (nSPS) is 10.6. The molecule has 0 amide bonds. The number of carboxylic acid groups (broad SMARTS) is 1. The van der Waals surface area contributed by atoms with Crippen LogP contribution in [0, 0.1) is 0 Å². The molecule has 0 saturated carbocycles. The highest BCUT2D eigenvalue weighted by Gasteiger charge is 2.07. The molecule has 0 aromatic carbocycles. The second-order valence-electron chi connectivity index (χ2n) is 4.07. The van der Waals surface area contributed by atoms with Crippen LogP contribution in [0.1, 0.15) is 30.2 Å². The van der Waals surface area contributed by atoms with Crippen LogP contribution in [0.15, 0.2) is 30.9 Å². The first-order chi connectivity index (χ1) is 8.56. The van der Waals surface area contributed by atoms with E-state index in [1.807, 2.05) is 13.8 Å². The minimum atomic E-state index is -1.04. The Balaban J connectivity index is 2.17. The smallest absolute Gasteiger partial charge is 0.337 e. The highest BCUT2D eigenvalue weighted by atomic mass is 16.5. The van der Waals surface area contributed by atoms with E-state index in [0.717, 1.165) is 0 Å². The predicted octanol–water partition coefficient (Wildman–Crippen LogP) is 2.35. The monoisotopic (exact) mass is 247 g/mol. The molecule has 6 heteroatoms. The lowest BCUT2D eigenvalue weighted by Gasteiger charge is -2.04. The number of ether oxygens (including phenoxy) is 1. The summed E-state index contributed by atoms with van der Waals surface area (Å²) < 4.78 is 7.24. The Labute approximate surface area is 104 Å². The summed E-state index contributed by atoms with van der Waals surface area (Å²) in [6.07, 6.45) is 6.05. The van der Waals surface area contributed by atoms with E-state index in [-0.39, 0.29) is 11.6 Å². The van der Waals surface area contributed by atoms with Crippen LogP contribution in [0.2, 0.25) is 0 Å². The molecular formula is C12H13N3O3. The molecule has 0 saturated heterocycles. The van der Waals surface area contributed by atoms with Crippen molar-refractivity contribution in [1.82, 2.24) is 14.8 Å². The first-order valence-electron chi connectivity index (χ1n) is 5.46. The van der Waals surface area contributed by atoms with Gasteiger partial charge in [-0.1, -0.05) is 0 Å². The van der Waals surface area contributed by atoms with Gasteiger partial charge in [-0.2, -0.15) is 5.10 Å². The summed E-state index contributed by atoms with van der Waals surface area (Å²) in [6.45, 7) is 4.01. The SMILES string of the molecule is CC(C)n1cc(Oc2cncc(C(=O)O)c2)cn1. The van der Waals surface area contributed by atoms with Crippen molar-refractivity contribution in [3.63, 3.8) is 0 Å². The number of carbonyl (C=O) groups is 1. The van der Waals surface area contributed by atoms with E-state index in [1.165, 1.54) is 18.5 Å². The fraction of sp³-hybridized carbons (Fsp3) is 0.250. The van der Waals surface area contributed by atoms with Gasteiger partial charge in [0.1, 0.15) is 5.75 Å². The average molecular weight is 247 g/mol. The molecule has 6 nitrogen and oxygen atoms in total. The second-order valence-corrected chi connectivity index (χ2v) is 4.07. The number of carboxylic acids is 1. The number of aromatic carboxylic acids is 1. The van der Waals surface area contributed by atoms with Crippen LogP contribution in [-0.4, -0.2) is 25.8 Å². The number of aromatic nitrogens is 3. The van der Waals surface area contributed by atoms with E-state index >= 15 is 0 Å². The van der Waals surface area contributed by atoms with Gasteiger partial charge in [0.15, 0.2) is 5.75 Å². The highest BCUT2D eigenvalue weighted by Crippen LogP contribution is 2.21. The van der Waals surface area contributed by atoms with Crippen LogP contribution in [-0.2, 0) is 0 Å². The number of hydrogen-bond acceptors (Lipinski definition) is 4. The lowest BCUT2D eigenvalue weighted by Crippen LogP contribution is -1.99. The van der Waals surface area contributed by atoms with Gasteiger partial charge in [-0.25, -0.2) is 4.79 Å². The molecule has 0 aliphatic rings. The Morgan fingerprint density at radius 3 is 2.72 bits per heavy atom. The fourth-order valence-electron chi connectivity index (χ4n) is 1.38. The van der Waals surface area contributed by atoms with Crippen LogP contribution in [0.25, 0.3) is 0 Å². The molecule has 0 aliphatic heterocycles. The molecule has 18 heavy (non-hydrogen) atoms. The largest absolute Gasteiger partial charge is 0.478 e. The first-order valence-corrected chi connectivity index (χ1v) is 5.46. The molecule has 1 N–H and O–H groups in total. The quantitative estimate of drug-likeness (QED) is 0.897. The Morgan fingerprint density at radius 2 is 2.11 bits per heavy atom. The van der Waals surface area contributed by atoms with Gasteiger partial charge in [0.2, 0.25) is 0 Å². The van der Waals surface area contributed by atoms with Crippen molar-refractivity contribution in [2.24, 2.45) is 0 Å². The first kappa shape index (κ1) is 12.1. The molecule has 94 valence electrons. The molecule has 0 radical (unpaired) electrons. The number of nitrogens with zero attached hydrogens (tertiary/aromatic N) is 3. The lowest BCUT2D eigenvalue weighted by molar-refractivity contribution is 0.0696. The third-order valence-electron chi connectivity index (χ3n) is 2.30. The maximum Gasteiger partial charge on any atom is 0.337 e. The van der Waals surface area contributed by atoms with E-state index in [0.29, 0.717) is 11.5 Å². The van der Waals surface area contributed by atoms with Gasteiger partial charge in [-0.3, -0.25) is 9.67 Å². The van der Waals surface area contributed by atoms with Crippen LogP contribution in [0.5, 0.6) is 11.5 Å². The van der Waals surface area contributed by atoms with Gasteiger partial charge in [-0.15, -0.1) is 0 Å². The molecule has 0 bridgehead atoms. The van der Waals surface area contributed by atoms with Gasteiger partial charge in [0.25, 0.3) is 0 Å². The van der Waals surface area contributed by atoms with Crippen LogP contribution >= 0.6 is 0 Å². The molecule has 0 atom stereocenters. The van der Waals surface area contributed by atoms with E-state index in [2.05, 4.69) is 10.1 Å². The standard InChI is InChI=1S/C12H13N3O3/c1-8(2)15-7-11(6-14-15)18-10-3-9(12(16)17)4-13-5-10/h3-8H,1-2H3,(H,16,17). The topological polar surface area (TPSA) is 77.2 Å². The number of pyridine rings is 1. The number of rotatable bonds is 4. The van der Waals surface area contributed by atoms with Crippen molar-refractivity contribution in [3.8, 4) is 11.5 Å². The highest BCUT2D eigenvalue weighted by molar-refractivity contribution is 5.87.